The highest BCUT2D eigenvalue weighted by molar-refractivity contribution is 5.91. The van der Waals surface area contributed by atoms with Gasteiger partial charge in [-0.25, -0.2) is 4.98 Å². The zero-order valence-corrected chi connectivity index (χ0v) is 9.62. The van der Waals surface area contributed by atoms with Gasteiger partial charge in [0.05, 0.1) is 13.2 Å². The van der Waals surface area contributed by atoms with Gasteiger partial charge in [0.15, 0.2) is 0 Å². The first-order chi connectivity index (χ1) is 7.72. The fraction of sp³-hybridized carbons (Fsp3) is 0.455. The first-order valence-corrected chi connectivity index (χ1v) is 5.14. The molecule has 0 bridgehead atoms. The zero-order chi connectivity index (χ0) is 11.8. The molecule has 0 saturated heterocycles. The summed E-state index contributed by atoms with van der Waals surface area (Å²) in [5.74, 6) is 0.479. The van der Waals surface area contributed by atoms with Gasteiger partial charge < -0.3 is 15.4 Å². The van der Waals surface area contributed by atoms with Gasteiger partial charge in [-0.15, -0.1) is 0 Å². The van der Waals surface area contributed by atoms with Gasteiger partial charge in [0, 0.05) is 19.9 Å². The van der Waals surface area contributed by atoms with Gasteiger partial charge in [-0.05, 0) is 24.6 Å². The number of hydrogen-bond donors (Lipinski definition) is 2. The zero-order valence-electron chi connectivity index (χ0n) is 9.62. The number of hydrogen-bond acceptors (Lipinski definition) is 4. The predicted molar refractivity (Wildman–Crippen MR) is 62.3 cm³/mol. The van der Waals surface area contributed by atoms with Crippen LogP contribution in [0, 0.1) is 6.92 Å². The molecule has 0 unspecified atom stereocenters. The number of methoxy groups -OCH3 is 1. The van der Waals surface area contributed by atoms with Gasteiger partial charge in [-0.1, -0.05) is 0 Å². The van der Waals surface area contributed by atoms with Gasteiger partial charge in [-0.3, -0.25) is 4.79 Å². The Balaban J connectivity index is 2.29. The molecule has 0 radical (unpaired) electrons. The van der Waals surface area contributed by atoms with E-state index in [1.165, 1.54) is 0 Å². The van der Waals surface area contributed by atoms with Gasteiger partial charge in [0.25, 0.3) is 0 Å². The minimum absolute atomic E-state index is 0.103. The van der Waals surface area contributed by atoms with Gasteiger partial charge in [0.1, 0.15) is 5.82 Å². The highest BCUT2D eigenvalue weighted by Crippen LogP contribution is 2.04. The molecule has 1 aromatic heterocycles. The number of nitrogens with zero attached hydrogens (tertiary/aromatic N) is 1. The molecule has 0 aliphatic heterocycles. The highest BCUT2D eigenvalue weighted by Gasteiger charge is 2.02. The van der Waals surface area contributed by atoms with Crippen molar-refractivity contribution >= 4 is 11.7 Å². The Morgan fingerprint density at radius 2 is 2.38 bits per heavy atom. The fourth-order valence-corrected chi connectivity index (χ4v) is 1.17. The van der Waals surface area contributed by atoms with E-state index in [1.807, 2.05) is 19.1 Å². The molecular formula is C11H17N3O2. The molecule has 88 valence electrons. The second kappa shape index (κ2) is 6.92. The van der Waals surface area contributed by atoms with Crippen LogP contribution in [0.4, 0.5) is 5.82 Å². The Bertz CT molecular complexity index is 342. The molecule has 16 heavy (non-hydrogen) atoms. The Labute approximate surface area is 95.2 Å². The van der Waals surface area contributed by atoms with Crippen LogP contribution in [0.15, 0.2) is 18.3 Å². The maximum absolute atomic E-state index is 11.4. The summed E-state index contributed by atoms with van der Waals surface area (Å²) >= 11 is 0. The quantitative estimate of drug-likeness (QED) is 0.692. The SMILES string of the molecule is COCCNCC(=O)Nc1cc(C)ccn1. The largest absolute Gasteiger partial charge is 0.383 e. The van der Waals surface area contributed by atoms with Crippen LogP contribution in [-0.4, -0.2) is 37.7 Å². The highest BCUT2D eigenvalue weighted by atomic mass is 16.5. The third kappa shape index (κ3) is 4.86. The summed E-state index contributed by atoms with van der Waals surface area (Å²) in [4.78, 5) is 15.5. The average molecular weight is 223 g/mol. The monoisotopic (exact) mass is 223 g/mol. The van der Waals surface area contributed by atoms with Crippen molar-refractivity contribution in [2.45, 2.75) is 6.92 Å². The molecule has 1 heterocycles. The van der Waals surface area contributed by atoms with Crippen molar-refractivity contribution in [1.29, 1.82) is 0 Å². The lowest BCUT2D eigenvalue weighted by molar-refractivity contribution is -0.115. The Hall–Kier alpha value is -1.46. The molecule has 5 heteroatoms. The van der Waals surface area contributed by atoms with Crippen LogP contribution < -0.4 is 10.6 Å². The van der Waals surface area contributed by atoms with Crippen LogP contribution in [0.25, 0.3) is 0 Å². The number of ether oxygens (including phenoxy) is 1. The second-order valence-corrected chi connectivity index (χ2v) is 3.44. The maximum atomic E-state index is 11.4. The topological polar surface area (TPSA) is 63.2 Å². The number of carbonyl (C=O) groups is 1. The van der Waals surface area contributed by atoms with Crippen molar-refractivity contribution in [2.75, 3.05) is 32.1 Å². The summed E-state index contributed by atoms with van der Waals surface area (Å²) in [6.45, 7) is 3.47. The van der Waals surface area contributed by atoms with Crippen molar-refractivity contribution in [3.05, 3.63) is 23.9 Å². The summed E-state index contributed by atoms with van der Waals surface area (Å²) in [5.41, 5.74) is 1.07. The predicted octanol–water partition coefficient (Wildman–Crippen LogP) is 0.565. The molecule has 2 N–H and O–H groups in total. The van der Waals surface area contributed by atoms with E-state index in [9.17, 15) is 4.79 Å². The fourth-order valence-electron chi connectivity index (χ4n) is 1.17. The normalized spacial score (nSPS) is 10.1. The maximum Gasteiger partial charge on any atom is 0.239 e. The van der Waals surface area contributed by atoms with Gasteiger partial charge >= 0.3 is 0 Å². The molecule has 0 saturated carbocycles. The van der Waals surface area contributed by atoms with Crippen molar-refractivity contribution in [3.8, 4) is 0 Å². The lowest BCUT2D eigenvalue weighted by Crippen LogP contribution is -2.30. The molecule has 0 aliphatic carbocycles. The van der Waals surface area contributed by atoms with Crippen molar-refractivity contribution < 1.29 is 9.53 Å². The van der Waals surface area contributed by atoms with Gasteiger partial charge in [0.2, 0.25) is 5.91 Å². The van der Waals surface area contributed by atoms with Crippen LogP contribution in [0.5, 0.6) is 0 Å². The lowest BCUT2D eigenvalue weighted by Gasteiger charge is -2.06. The molecule has 1 aromatic rings. The van der Waals surface area contributed by atoms with E-state index < -0.39 is 0 Å². The number of anilines is 1. The van der Waals surface area contributed by atoms with Crippen molar-refractivity contribution in [3.63, 3.8) is 0 Å². The summed E-state index contributed by atoms with van der Waals surface area (Å²) in [7, 11) is 1.62. The average Bonchev–Trinajstić information content (AvgIpc) is 2.24. The van der Waals surface area contributed by atoms with E-state index >= 15 is 0 Å². The van der Waals surface area contributed by atoms with Crippen LogP contribution in [-0.2, 0) is 9.53 Å². The molecule has 0 atom stereocenters. The van der Waals surface area contributed by atoms with E-state index in [4.69, 9.17) is 4.74 Å². The summed E-state index contributed by atoms with van der Waals surface area (Å²) in [6, 6.07) is 3.71. The second-order valence-electron chi connectivity index (χ2n) is 3.44. The molecule has 0 fully saturated rings. The number of amides is 1. The third-order valence-corrected chi connectivity index (χ3v) is 1.95. The molecular weight excluding hydrogens is 206 g/mol. The molecule has 5 nitrogen and oxygen atoms in total. The summed E-state index contributed by atoms with van der Waals surface area (Å²) in [5, 5.41) is 5.66. The van der Waals surface area contributed by atoms with Crippen LogP contribution in [0.3, 0.4) is 0 Å². The lowest BCUT2D eigenvalue weighted by atomic mass is 10.3. The van der Waals surface area contributed by atoms with E-state index in [1.54, 1.807) is 13.3 Å². The Morgan fingerprint density at radius 1 is 1.56 bits per heavy atom. The molecule has 1 amide bonds. The first-order valence-electron chi connectivity index (χ1n) is 5.14. The minimum Gasteiger partial charge on any atom is -0.383 e. The van der Waals surface area contributed by atoms with E-state index in [0.29, 0.717) is 19.0 Å². The first kappa shape index (κ1) is 12.6. The van der Waals surface area contributed by atoms with Crippen molar-refractivity contribution in [2.24, 2.45) is 0 Å². The molecule has 1 rings (SSSR count). The Morgan fingerprint density at radius 3 is 3.06 bits per heavy atom. The van der Waals surface area contributed by atoms with Crippen LogP contribution in [0.2, 0.25) is 0 Å². The number of rotatable bonds is 6. The number of aryl methyl sites for hydroxylation is 1. The number of carbonyl (C=O) groups excluding carboxylic acids is 1. The van der Waals surface area contributed by atoms with E-state index in [2.05, 4.69) is 15.6 Å². The van der Waals surface area contributed by atoms with Crippen molar-refractivity contribution in [1.82, 2.24) is 10.3 Å². The molecule has 0 aromatic carbocycles. The molecule has 0 aliphatic rings. The minimum atomic E-state index is -0.103. The smallest absolute Gasteiger partial charge is 0.239 e. The molecule has 0 spiro atoms. The van der Waals surface area contributed by atoms with Crippen LogP contribution in [0.1, 0.15) is 5.56 Å². The Kier molecular flexibility index (Phi) is 5.45. The number of aromatic nitrogens is 1. The summed E-state index contributed by atoms with van der Waals surface area (Å²) < 4.78 is 4.85. The van der Waals surface area contributed by atoms with Crippen LogP contribution >= 0.6 is 0 Å². The summed E-state index contributed by atoms with van der Waals surface area (Å²) in [6.07, 6.45) is 1.67. The van der Waals surface area contributed by atoms with Gasteiger partial charge in [-0.2, -0.15) is 0 Å². The van der Waals surface area contributed by atoms with E-state index in [-0.39, 0.29) is 12.5 Å². The number of pyridine rings is 1. The standard InChI is InChI=1S/C11H17N3O2/c1-9-3-4-13-10(7-9)14-11(15)8-12-5-6-16-2/h3-4,7,12H,5-6,8H2,1-2H3,(H,13,14,15). The number of nitrogens with one attached hydrogen (secondary N) is 2. The van der Waals surface area contributed by atoms with E-state index in [0.717, 1.165) is 5.56 Å². The third-order valence-electron chi connectivity index (χ3n) is 1.95.